The number of rotatable bonds is 4. The molecule has 0 radical (unpaired) electrons. The van der Waals surface area contributed by atoms with Crippen LogP contribution in [0.5, 0.6) is 5.75 Å². The SMILES string of the molecule is COc1cccc(N2CC(C(=O)Nc3ccc4c(Br)cccc4c3)CC2=O)c1. The number of nitrogens with one attached hydrogen (secondary N) is 1. The molecule has 1 heterocycles. The normalized spacial score (nSPS) is 16.4. The molecule has 1 fully saturated rings. The van der Waals surface area contributed by atoms with Crippen molar-refractivity contribution in [3.63, 3.8) is 0 Å². The van der Waals surface area contributed by atoms with Gasteiger partial charge in [0.2, 0.25) is 11.8 Å². The van der Waals surface area contributed by atoms with E-state index in [1.807, 2.05) is 54.6 Å². The van der Waals surface area contributed by atoms with Crippen LogP contribution >= 0.6 is 15.9 Å². The summed E-state index contributed by atoms with van der Waals surface area (Å²) in [6.07, 6.45) is 0.197. The Bertz CT molecular complexity index is 1070. The Morgan fingerprint density at radius 2 is 1.96 bits per heavy atom. The minimum Gasteiger partial charge on any atom is -0.497 e. The third-order valence-corrected chi connectivity index (χ3v) is 5.65. The Balaban J connectivity index is 1.49. The predicted molar refractivity (Wildman–Crippen MR) is 114 cm³/mol. The van der Waals surface area contributed by atoms with Gasteiger partial charge in [-0.2, -0.15) is 0 Å². The van der Waals surface area contributed by atoms with E-state index in [0.717, 1.165) is 26.6 Å². The molecule has 0 aliphatic carbocycles. The summed E-state index contributed by atoms with van der Waals surface area (Å²) in [6, 6.07) is 19.0. The molecule has 1 aliphatic heterocycles. The van der Waals surface area contributed by atoms with E-state index in [4.69, 9.17) is 4.74 Å². The van der Waals surface area contributed by atoms with E-state index in [0.29, 0.717) is 12.3 Å². The molecule has 3 aromatic carbocycles. The molecule has 6 heteroatoms. The van der Waals surface area contributed by atoms with E-state index in [1.54, 1.807) is 18.1 Å². The van der Waals surface area contributed by atoms with Crippen molar-refractivity contribution in [3.05, 3.63) is 65.1 Å². The van der Waals surface area contributed by atoms with Gasteiger partial charge in [0.25, 0.3) is 0 Å². The molecule has 0 bridgehead atoms. The van der Waals surface area contributed by atoms with Gasteiger partial charge in [-0.05, 0) is 41.1 Å². The molecule has 0 saturated carbocycles. The molecule has 1 N–H and O–H groups in total. The van der Waals surface area contributed by atoms with Gasteiger partial charge in [-0.15, -0.1) is 0 Å². The zero-order valence-electron chi connectivity index (χ0n) is 15.3. The number of hydrogen-bond acceptors (Lipinski definition) is 3. The molecule has 4 rings (SSSR count). The number of halogens is 1. The van der Waals surface area contributed by atoms with E-state index in [1.165, 1.54) is 0 Å². The van der Waals surface area contributed by atoms with Gasteiger partial charge < -0.3 is 15.0 Å². The third-order valence-electron chi connectivity index (χ3n) is 4.96. The second kappa shape index (κ2) is 7.64. The quantitative estimate of drug-likeness (QED) is 0.647. The van der Waals surface area contributed by atoms with E-state index in [2.05, 4.69) is 21.2 Å². The van der Waals surface area contributed by atoms with E-state index in [9.17, 15) is 9.59 Å². The predicted octanol–water partition coefficient (Wildman–Crippen LogP) is 4.60. The van der Waals surface area contributed by atoms with Gasteiger partial charge in [-0.3, -0.25) is 9.59 Å². The molecule has 5 nitrogen and oxygen atoms in total. The summed E-state index contributed by atoms with van der Waals surface area (Å²) < 4.78 is 6.24. The van der Waals surface area contributed by atoms with Crippen LogP contribution in [0.3, 0.4) is 0 Å². The van der Waals surface area contributed by atoms with Gasteiger partial charge >= 0.3 is 0 Å². The molecule has 3 aromatic rings. The Labute approximate surface area is 171 Å². The van der Waals surface area contributed by atoms with Crippen LogP contribution in [0.4, 0.5) is 11.4 Å². The molecule has 1 saturated heterocycles. The molecule has 28 heavy (non-hydrogen) atoms. The number of methoxy groups -OCH3 is 1. The van der Waals surface area contributed by atoms with Crippen LogP contribution < -0.4 is 15.0 Å². The van der Waals surface area contributed by atoms with Crippen molar-refractivity contribution in [2.45, 2.75) is 6.42 Å². The Morgan fingerprint density at radius 1 is 1.14 bits per heavy atom. The zero-order valence-corrected chi connectivity index (χ0v) is 16.9. The molecular weight excluding hydrogens is 420 g/mol. The molecule has 0 aromatic heterocycles. The summed E-state index contributed by atoms with van der Waals surface area (Å²) in [5, 5.41) is 5.07. The van der Waals surface area contributed by atoms with Crippen molar-refractivity contribution >= 4 is 49.9 Å². The Hall–Kier alpha value is -2.86. The fourth-order valence-corrected chi connectivity index (χ4v) is 3.99. The number of anilines is 2. The summed E-state index contributed by atoms with van der Waals surface area (Å²) in [5.41, 5.74) is 1.47. The number of ether oxygens (including phenoxy) is 1. The lowest BCUT2D eigenvalue weighted by Crippen LogP contribution is -2.28. The standard InChI is InChI=1S/C22H19BrN2O3/c1-28-18-6-3-5-17(12-18)25-13-15(11-21(25)26)22(27)24-16-8-9-19-14(10-16)4-2-7-20(19)23/h2-10,12,15H,11,13H2,1H3,(H,24,27). The van der Waals surface area contributed by atoms with Crippen molar-refractivity contribution in [2.24, 2.45) is 5.92 Å². The van der Waals surface area contributed by atoms with Crippen molar-refractivity contribution in [2.75, 3.05) is 23.9 Å². The van der Waals surface area contributed by atoms with Gasteiger partial charge in [-0.25, -0.2) is 0 Å². The number of nitrogens with zero attached hydrogens (tertiary/aromatic N) is 1. The van der Waals surface area contributed by atoms with Crippen molar-refractivity contribution in [1.29, 1.82) is 0 Å². The first-order valence-electron chi connectivity index (χ1n) is 8.99. The maximum absolute atomic E-state index is 12.7. The molecular formula is C22H19BrN2O3. The Morgan fingerprint density at radius 3 is 2.79 bits per heavy atom. The maximum atomic E-state index is 12.7. The summed E-state index contributed by atoms with van der Waals surface area (Å²) in [5.74, 6) is 0.0846. The van der Waals surface area contributed by atoms with Crippen molar-refractivity contribution in [3.8, 4) is 5.75 Å². The first-order valence-corrected chi connectivity index (χ1v) is 9.78. The van der Waals surface area contributed by atoms with Gasteiger partial charge in [0.05, 0.1) is 13.0 Å². The number of amides is 2. The molecule has 1 aliphatic rings. The minimum atomic E-state index is -0.392. The molecule has 1 atom stereocenters. The lowest BCUT2D eigenvalue weighted by atomic mass is 10.1. The summed E-state index contributed by atoms with van der Waals surface area (Å²) in [6.45, 7) is 0.358. The van der Waals surface area contributed by atoms with Gasteiger partial charge in [0, 0.05) is 34.9 Å². The number of hydrogen-bond donors (Lipinski definition) is 1. The fraction of sp³-hybridized carbons (Fsp3) is 0.182. The Kier molecular flexibility index (Phi) is 5.05. The van der Waals surface area contributed by atoms with Crippen LogP contribution in [0.25, 0.3) is 10.8 Å². The van der Waals surface area contributed by atoms with Crippen molar-refractivity contribution < 1.29 is 14.3 Å². The number of carbonyl (C=O) groups excluding carboxylic acids is 2. The molecule has 142 valence electrons. The fourth-order valence-electron chi connectivity index (χ4n) is 3.48. The molecule has 2 amide bonds. The van der Waals surface area contributed by atoms with Gasteiger partial charge in [-0.1, -0.05) is 40.2 Å². The first-order chi connectivity index (χ1) is 13.5. The highest BCUT2D eigenvalue weighted by Gasteiger charge is 2.35. The van der Waals surface area contributed by atoms with E-state index < -0.39 is 5.92 Å². The van der Waals surface area contributed by atoms with Crippen LogP contribution in [-0.4, -0.2) is 25.5 Å². The monoisotopic (exact) mass is 438 g/mol. The van der Waals surface area contributed by atoms with E-state index >= 15 is 0 Å². The highest BCUT2D eigenvalue weighted by molar-refractivity contribution is 9.10. The van der Waals surface area contributed by atoms with Crippen LogP contribution in [0, 0.1) is 5.92 Å². The van der Waals surface area contributed by atoms with Crippen LogP contribution in [0.2, 0.25) is 0 Å². The second-order valence-electron chi connectivity index (χ2n) is 6.77. The summed E-state index contributed by atoms with van der Waals surface area (Å²) in [7, 11) is 1.59. The first kappa shape index (κ1) is 18.5. The van der Waals surface area contributed by atoms with Crippen LogP contribution in [-0.2, 0) is 9.59 Å². The van der Waals surface area contributed by atoms with Crippen LogP contribution in [0.1, 0.15) is 6.42 Å². The van der Waals surface area contributed by atoms with E-state index in [-0.39, 0.29) is 18.2 Å². The molecule has 1 unspecified atom stereocenters. The average molecular weight is 439 g/mol. The summed E-state index contributed by atoms with van der Waals surface area (Å²) in [4.78, 5) is 26.8. The maximum Gasteiger partial charge on any atom is 0.229 e. The van der Waals surface area contributed by atoms with Gasteiger partial charge in [0.15, 0.2) is 0 Å². The lowest BCUT2D eigenvalue weighted by molar-refractivity contribution is -0.122. The topological polar surface area (TPSA) is 58.6 Å². The van der Waals surface area contributed by atoms with Crippen LogP contribution in [0.15, 0.2) is 65.1 Å². The minimum absolute atomic E-state index is 0.0594. The number of benzene rings is 3. The highest BCUT2D eigenvalue weighted by atomic mass is 79.9. The second-order valence-corrected chi connectivity index (χ2v) is 7.63. The third kappa shape index (κ3) is 3.60. The van der Waals surface area contributed by atoms with Crippen molar-refractivity contribution in [1.82, 2.24) is 0 Å². The number of fused-ring (bicyclic) bond motifs is 1. The molecule has 0 spiro atoms. The average Bonchev–Trinajstić information content (AvgIpc) is 3.10. The summed E-state index contributed by atoms with van der Waals surface area (Å²) >= 11 is 3.53. The highest BCUT2D eigenvalue weighted by Crippen LogP contribution is 2.30. The number of carbonyl (C=O) groups is 2. The zero-order chi connectivity index (χ0) is 19.7. The van der Waals surface area contributed by atoms with Gasteiger partial charge in [0.1, 0.15) is 5.75 Å². The largest absolute Gasteiger partial charge is 0.497 e. The smallest absolute Gasteiger partial charge is 0.229 e. The lowest BCUT2D eigenvalue weighted by Gasteiger charge is -2.17.